The molecular formula is C13H11N5O5. The topological polar surface area (TPSA) is 132 Å². The van der Waals surface area contributed by atoms with Gasteiger partial charge in [-0.15, -0.1) is 0 Å². The van der Waals surface area contributed by atoms with Crippen LogP contribution in [0.25, 0.3) is 0 Å². The molecule has 0 aliphatic carbocycles. The predicted molar refractivity (Wildman–Crippen MR) is 77.6 cm³/mol. The average Bonchev–Trinajstić information content (AvgIpc) is 3.14. The van der Waals surface area contributed by atoms with Crippen molar-refractivity contribution in [2.45, 2.75) is 6.92 Å². The van der Waals surface area contributed by atoms with Gasteiger partial charge in [-0.2, -0.15) is 10.2 Å². The Bertz CT molecular complexity index is 813. The van der Waals surface area contributed by atoms with Gasteiger partial charge in [-0.05, 0) is 19.1 Å². The molecule has 118 valence electrons. The Morgan fingerprint density at radius 3 is 2.83 bits per heavy atom. The minimum absolute atomic E-state index is 0.00231. The number of hydrogen-bond acceptors (Lipinski definition) is 7. The number of nitro groups is 1. The Kier molecular flexibility index (Phi) is 3.63. The molecule has 10 heteroatoms. The first-order valence-electron chi connectivity index (χ1n) is 6.48. The number of nitrogens with zero attached hydrogens (tertiary/aromatic N) is 3. The van der Waals surface area contributed by atoms with Crippen molar-refractivity contribution in [2.75, 3.05) is 6.79 Å². The van der Waals surface area contributed by atoms with E-state index in [1.165, 1.54) is 12.1 Å². The molecule has 1 aromatic carbocycles. The van der Waals surface area contributed by atoms with Gasteiger partial charge >= 0.3 is 0 Å². The van der Waals surface area contributed by atoms with Gasteiger partial charge in [-0.25, -0.2) is 5.43 Å². The number of aromatic amines is 1. The number of rotatable bonds is 4. The number of carbonyl (C=O) groups excluding carboxylic acids is 1. The Labute approximate surface area is 129 Å². The van der Waals surface area contributed by atoms with Crippen LogP contribution in [0.3, 0.4) is 0 Å². The van der Waals surface area contributed by atoms with Gasteiger partial charge < -0.3 is 9.47 Å². The maximum atomic E-state index is 11.8. The van der Waals surface area contributed by atoms with Gasteiger partial charge in [0.15, 0.2) is 17.2 Å². The number of nitrogens with one attached hydrogen (secondary N) is 2. The van der Waals surface area contributed by atoms with Crippen molar-refractivity contribution in [3.63, 3.8) is 0 Å². The Hall–Kier alpha value is -3.43. The van der Waals surface area contributed by atoms with E-state index in [-0.39, 0.29) is 23.7 Å². The maximum absolute atomic E-state index is 11.8. The van der Waals surface area contributed by atoms with Gasteiger partial charge in [0.25, 0.3) is 11.6 Å². The standard InChI is InChI=1S/C13H11N5O5/c1-7-2-9(16-15-7)13(19)17-14-5-8-3-11-12(23-6-22-11)4-10(8)18(20)21/h2-5H,6H2,1H3,(H,15,16)(H,17,19)/b14-5-. The van der Waals surface area contributed by atoms with Gasteiger partial charge in [0.2, 0.25) is 6.79 Å². The predicted octanol–water partition coefficient (Wildman–Crippen LogP) is 1.12. The van der Waals surface area contributed by atoms with E-state index in [0.29, 0.717) is 11.5 Å². The van der Waals surface area contributed by atoms with Crippen molar-refractivity contribution in [1.82, 2.24) is 15.6 Å². The first-order valence-corrected chi connectivity index (χ1v) is 6.48. The molecule has 0 spiro atoms. The smallest absolute Gasteiger partial charge is 0.291 e. The lowest BCUT2D eigenvalue weighted by molar-refractivity contribution is -0.385. The third-order valence-corrected chi connectivity index (χ3v) is 3.03. The number of aromatic nitrogens is 2. The van der Waals surface area contributed by atoms with Crippen LogP contribution in [-0.4, -0.2) is 34.0 Å². The monoisotopic (exact) mass is 317 g/mol. The molecule has 3 rings (SSSR count). The molecule has 0 saturated carbocycles. The zero-order valence-electron chi connectivity index (χ0n) is 11.9. The van der Waals surface area contributed by atoms with Gasteiger partial charge in [0, 0.05) is 5.69 Å². The number of aryl methyl sites for hydroxylation is 1. The van der Waals surface area contributed by atoms with E-state index < -0.39 is 10.8 Å². The summed E-state index contributed by atoms with van der Waals surface area (Å²) in [5.41, 5.74) is 3.11. The highest BCUT2D eigenvalue weighted by molar-refractivity contribution is 5.94. The van der Waals surface area contributed by atoms with Crippen molar-refractivity contribution < 1.29 is 19.2 Å². The van der Waals surface area contributed by atoms with E-state index >= 15 is 0 Å². The Morgan fingerprint density at radius 2 is 2.17 bits per heavy atom. The number of nitro benzene ring substituents is 1. The Balaban J connectivity index is 1.79. The molecule has 23 heavy (non-hydrogen) atoms. The summed E-state index contributed by atoms with van der Waals surface area (Å²) in [6.45, 7) is 1.76. The molecular weight excluding hydrogens is 306 g/mol. The van der Waals surface area contributed by atoms with Crippen molar-refractivity contribution in [3.05, 3.63) is 45.3 Å². The third kappa shape index (κ3) is 2.95. The van der Waals surface area contributed by atoms with Gasteiger partial charge in [-0.1, -0.05) is 0 Å². The van der Waals surface area contributed by atoms with E-state index in [9.17, 15) is 14.9 Å². The number of ether oxygens (including phenoxy) is 2. The van der Waals surface area contributed by atoms with Gasteiger partial charge in [0.05, 0.1) is 22.8 Å². The van der Waals surface area contributed by atoms with Crippen molar-refractivity contribution in [2.24, 2.45) is 5.10 Å². The largest absolute Gasteiger partial charge is 0.454 e. The summed E-state index contributed by atoms with van der Waals surface area (Å²) in [6.07, 6.45) is 1.16. The molecule has 1 aromatic heterocycles. The fourth-order valence-electron chi connectivity index (χ4n) is 1.96. The number of benzene rings is 1. The normalized spacial score (nSPS) is 12.6. The zero-order chi connectivity index (χ0) is 16.4. The highest BCUT2D eigenvalue weighted by atomic mass is 16.7. The van der Waals surface area contributed by atoms with Crippen molar-refractivity contribution >= 4 is 17.8 Å². The van der Waals surface area contributed by atoms with Gasteiger partial charge in [-0.3, -0.25) is 20.0 Å². The first kappa shape index (κ1) is 14.5. The second-order valence-electron chi connectivity index (χ2n) is 4.66. The van der Waals surface area contributed by atoms with E-state index in [0.717, 1.165) is 11.9 Å². The number of hydrazone groups is 1. The van der Waals surface area contributed by atoms with Crippen LogP contribution in [0.1, 0.15) is 21.7 Å². The number of H-pyrrole nitrogens is 1. The number of fused-ring (bicyclic) bond motifs is 1. The van der Waals surface area contributed by atoms with Crippen LogP contribution >= 0.6 is 0 Å². The molecule has 0 radical (unpaired) electrons. The van der Waals surface area contributed by atoms with Crippen LogP contribution in [0.5, 0.6) is 11.5 Å². The highest BCUT2D eigenvalue weighted by Gasteiger charge is 2.22. The SMILES string of the molecule is Cc1cc(C(=O)N/N=C\c2cc3c(cc2[N+](=O)[O-])OCO3)n[nH]1. The fourth-order valence-corrected chi connectivity index (χ4v) is 1.96. The number of carbonyl (C=O) groups is 1. The molecule has 1 amide bonds. The van der Waals surface area contributed by atoms with Crippen molar-refractivity contribution in [1.29, 1.82) is 0 Å². The molecule has 0 fully saturated rings. The molecule has 2 N–H and O–H groups in total. The molecule has 0 saturated heterocycles. The minimum atomic E-state index is -0.567. The Morgan fingerprint density at radius 1 is 1.43 bits per heavy atom. The molecule has 1 aliphatic heterocycles. The summed E-state index contributed by atoms with van der Waals surface area (Å²) in [5, 5.41) is 21.2. The minimum Gasteiger partial charge on any atom is -0.454 e. The van der Waals surface area contributed by atoms with Crippen LogP contribution < -0.4 is 14.9 Å². The fraction of sp³-hybridized carbons (Fsp3) is 0.154. The molecule has 2 heterocycles. The first-order chi connectivity index (χ1) is 11.0. The summed E-state index contributed by atoms with van der Waals surface area (Å²) >= 11 is 0. The summed E-state index contributed by atoms with van der Waals surface area (Å²) in [5.74, 6) is 0.144. The van der Waals surface area contributed by atoms with E-state index in [1.807, 2.05) is 0 Å². The lowest BCUT2D eigenvalue weighted by Gasteiger charge is -2.00. The van der Waals surface area contributed by atoms with Crippen LogP contribution in [0, 0.1) is 17.0 Å². The number of hydrogen-bond donors (Lipinski definition) is 2. The maximum Gasteiger partial charge on any atom is 0.291 e. The van der Waals surface area contributed by atoms with Gasteiger partial charge in [0.1, 0.15) is 0 Å². The average molecular weight is 317 g/mol. The zero-order valence-corrected chi connectivity index (χ0v) is 11.9. The highest BCUT2D eigenvalue weighted by Crippen LogP contribution is 2.37. The molecule has 0 atom stereocenters. The van der Waals surface area contributed by atoms with Crippen LogP contribution in [0.15, 0.2) is 23.3 Å². The summed E-state index contributed by atoms with van der Waals surface area (Å²) in [4.78, 5) is 22.3. The summed E-state index contributed by atoms with van der Waals surface area (Å²) in [7, 11) is 0. The van der Waals surface area contributed by atoms with E-state index in [4.69, 9.17) is 9.47 Å². The lowest BCUT2D eigenvalue weighted by Crippen LogP contribution is -2.18. The van der Waals surface area contributed by atoms with Crippen LogP contribution in [0.4, 0.5) is 5.69 Å². The summed E-state index contributed by atoms with van der Waals surface area (Å²) < 4.78 is 10.3. The summed E-state index contributed by atoms with van der Waals surface area (Å²) in [6, 6.07) is 4.23. The molecule has 0 bridgehead atoms. The molecule has 2 aromatic rings. The lowest BCUT2D eigenvalue weighted by atomic mass is 10.1. The van der Waals surface area contributed by atoms with Crippen LogP contribution in [-0.2, 0) is 0 Å². The number of amides is 1. The van der Waals surface area contributed by atoms with Crippen LogP contribution in [0.2, 0.25) is 0 Å². The second-order valence-corrected chi connectivity index (χ2v) is 4.66. The molecule has 10 nitrogen and oxygen atoms in total. The second kappa shape index (κ2) is 5.75. The quantitative estimate of drug-likeness (QED) is 0.493. The molecule has 0 unspecified atom stereocenters. The van der Waals surface area contributed by atoms with E-state index in [1.54, 1.807) is 13.0 Å². The van der Waals surface area contributed by atoms with Crippen molar-refractivity contribution in [3.8, 4) is 11.5 Å². The molecule has 1 aliphatic rings. The van der Waals surface area contributed by atoms with E-state index in [2.05, 4.69) is 20.7 Å². The third-order valence-electron chi connectivity index (χ3n) is 3.03.